The maximum atomic E-state index is 4.69. The molecule has 1 unspecified atom stereocenters. The number of unbranched alkanes of at least 4 members (excludes halogenated alkanes) is 5. The van der Waals surface area contributed by atoms with Gasteiger partial charge in [-0.25, -0.2) is 0 Å². The van der Waals surface area contributed by atoms with Gasteiger partial charge in [0.25, 0.3) is 0 Å². The lowest BCUT2D eigenvalue weighted by Gasteiger charge is -2.16. The Balaban J connectivity index is 1.93. The van der Waals surface area contributed by atoms with Crippen LogP contribution >= 0.6 is 0 Å². The van der Waals surface area contributed by atoms with Crippen LogP contribution in [0.25, 0.3) is 0 Å². The summed E-state index contributed by atoms with van der Waals surface area (Å²) in [5, 5.41) is 8.00. The van der Waals surface area contributed by atoms with E-state index >= 15 is 0 Å². The van der Waals surface area contributed by atoms with Crippen LogP contribution in [-0.4, -0.2) is 10.2 Å². The second-order valence-corrected chi connectivity index (χ2v) is 6.46. The first-order valence-electron chi connectivity index (χ1n) is 8.92. The SMILES string of the molecule is CCCCCCC(CCCCC)c1n[nH]c2c1CCC2. The molecule has 0 aromatic carbocycles. The lowest BCUT2D eigenvalue weighted by molar-refractivity contribution is 0.490. The third kappa shape index (κ3) is 4.10. The molecule has 1 N–H and O–H groups in total. The molecular formula is C18H32N2. The summed E-state index contributed by atoms with van der Waals surface area (Å²) in [4.78, 5) is 0. The van der Waals surface area contributed by atoms with Gasteiger partial charge < -0.3 is 0 Å². The molecule has 0 saturated carbocycles. The van der Waals surface area contributed by atoms with Gasteiger partial charge in [0.1, 0.15) is 0 Å². The Labute approximate surface area is 124 Å². The highest BCUT2D eigenvalue weighted by Crippen LogP contribution is 2.33. The van der Waals surface area contributed by atoms with Crippen molar-refractivity contribution in [3.63, 3.8) is 0 Å². The van der Waals surface area contributed by atoms with Crippen LogP contribution in [0.3, 0.4) is 0 Å². The van der Waals surface area contributed by atoms with Crippen LogP contribution in [0.4, 0.5) is 0 Å². The minimum Gasteiger partial charge on any atom is -0.282 e. The molecule has 0 fully saturated rings. The Hall–Kier alpha value is -0.790. The molecule has 20 heavy (non-hydrogen) atoms. The van der Waals surface area contributed by atoms with Gasteiger partial charge in [0, 0.05) is 11.6 Å². The first-order valence-corrected chi connectivity index (χ1v) is 8.92. The Bertz CT molecular complexity index is 381. The van der Waals surface area contributed by atoms with Gasteiger partial charge in [0.15, 0.2) is 0 Å². The van der Waals surface area contributed by atoms with Gasteiger partial charge in [-0.15, -0.1) is 0 Å². The Kier molecular flexibility index (Phi) is 6.62. The molecule has 0 bridgehead atoms. The van der Waals surface area contributed by atoms with Crippen LogP contribution in [0.1, 0.15) is 101 Å². The van der Waals surface area contributed by atoms with Crippen LogP contribution < -0.4 is 0 Å². The van der Waals surface area contributed by atoms with Gasteiger partial charge in [-0.1, -0.05) is 58.8 Å². The summed E-state index contributed by atoms with van der Waals surface area (Å²) in [5.74, 6) is 0.719. The number of hydrogen-bond acceptors (Lipinski definition) is 1. The van der Waals surface area contributed by atoms with Crippen molar-refractivity contribution in [3.05, 3.63) is 17.0 Å². The predicted octanol–water partition coefficient (Wildman–Crippen LogP) is 5.53. The molecule has 1 aliphatic carbocycles. The molecule has 1 atom stereocenters. The summed E-state index contributed by atoms with van der Waals surface area (Å²) < 4.78 is 0. The van der Waals surface area contributed by atoms with E-state index < -0.39 is 0 Å². The zero-order valence-electron chi connectivity index (χ0n) is 13.5. The fourth-order valence-electron chi connectivity index (χ4n) is 3.56. The molecule has 1 aromatic rings. The molecule has 0 radical (unpaired) electrons. The van der Waals surface area contributed by atoms with Gasteiger partial charge in [0.2, 0.25) is 0 Å². The number of H-pyrrole nitrogens is 1. The van der Waals surface area contributed by atoms with Crippen LogP contribution in [0.5, 0.6) is 0 Å². The van der Waals surface area contributed by atoms with E-state index in [0.717, 1.165) is 5.92 Å². The fraction of sp³-hybridized carbons (Fsp3) is 0.833. The van der Waals surface area contributed by atoms with Crippen molar-refractivity contribution in [2.45, 2.75) is 96.8 Å². The Morgan fingerprint density at radius 2 is 1.65 bits per heavy atom. The molecule has 114 valence electrons. The van der Waals surface area contributed by atoms with Crippen LogP contribution in [0.2, 0.25) is 0 Å². The first kappa shape index (κ1) is 15.6. The summed E-state index contributed by atoms with van der Waals surface area (Å²) in [7, 11) is 0. The number of fused-ring (bicyclic) bond motifs is 1. The number of aromatic amines is 1. The standard InChI is InChI=1S/C18H32N2/c1-3-5-7-9-12-15(11-8-6-4-2)18-16-13-10-14-17(16)19-20-18/h15H,3-14H2,1-2H3,(H,19,20). The average molecular weight is 276 g/mol. The third-order valence-electron chi connectivity index (χ3n) is 4.79. The maximum absolute atomic E-state index is 4.69. The lowest BCUT2D eigenvalue weighted by Crippen LogP contribution is -2.03. The van der Waals surface area contributed by atoms with E-state index in [0.29, 0.717) is 0 Å². The molecule has 1 aliphatic rings. The summed E-state index contributed by atoms with van der Waals surface area (Å²) in [6.07, 6.45) is 16.1. The number of aromatic nitrogens is 2. The summed E-state index contributed by atoms with van der Waals surface area (Å²) in [6.45, 7) is 4.59. The number of rotatable bonds is 10. The fourth-order valence-corrected chi connectivity index (χ4v) is 3.56. The summed E-state index contributed by atoms with van der Waals surface area (Å²) in [5.41, 5.74) is 4.46. The van der Waals surface area contributed by atoms with Crippen molar-refractivity contribution in [1.29, 1.82) is 0 Å². The van der Waals surface area contributed by atoms with E-state index in [2.05, 4.69) is 18.9 Å². The van der Waals surface area contributed by atoms with Crippen molar-refractivity contribution >= 4 is 0 Å². The molecule has 0 amide bonds. The Morgan fingerprint density at radius 3 is 2.40 bits per heavy atom. The van der Waals surface area contributed by atoms with Crippen LogP contribution in [-0.2, 0) is 12.8 Å². The van der Waals surface area contributed by atoms with Crippen molar-refractivity contribution in [2.24, 2.45) is 0 Å². The largest absolute Gasteiger partial charge is 0.282 e. The maximum Gasteiger partial charge on any atom is 0.0687 e. The zero-order valence-corrected chi connectivity index (χ0v) is 13.5. The predicted molar refractivity (Wildman–Crippen MR) is 86.3 cm³/mol. The van der Waals surface area contributed by atoms with E-state index in [1.165, 1.54) is 88.4 Å². The summed E-state index contributed by atoms with van der Waals surface area (Å²) >= 11 is 0. The second kappa shape index (κ2) is 8.49. The highest BCUT2D eigenvalue weighted by Gasteiger charge is 2.23. The molecule has 0 saturated heterocycles. The van der Waals surface area contributed by atoms with Crippen molar-refractivity contribution < 1.29 is 0 Å². The highest BCUT2D eigenvalue weighted by atomic mass is 15.1. The van der Waals surface area contributed by atoms with E-state index in [9.17, 15) is 0 Å². The minimum atomic E-state index is 0.719. The highest BCUT2D eigenvalue weighted by molar-refractivity contribution is 5.31. The lowest BCUT2D eigenvalue weighted by atomic mass is 9.89. The van der Waals surface area contributed by atoms with E-state index in [1.807, 2.05) is 0 Å². The van der Waals surface area contributed by atoms with Crippen molar-refractivity contribution in [1.82, 2.24) is 10.2 Å². The van der Waals surface area contributed by atoms with Crippen molar-refractivity contribution in [3.8, 4) is 0 Å². The van der Waals surface area contributed by atoms with Crippen LogP contribution in [0, 0.1) is 0 Å². The molecule has 2 nitrogen and oxygen atoms in total. The number of aryl methyl sites for hydroxylation is 1. The number of nitrogens with one attached hydrogen (secondary N) is 1. The number of nitrogens with zero attached hydrogens (tertiary/aromatic N) is 1. The molecule has 1 aromatic heterocycles. The van der Waals surface area contributed by atoms with Gasteiger partial charge in [-0.2, -0.15) is 5.10 Å². The van der Waals surface area contributed by atoms with Gasteiger partial charge in [-0.3, -0.25) is 5.10 Å². The number of hydrogen-bond donors (Lipinski definition) is 1. The second-order valence-electron chi connectivity index (χ2n) is 6.46. The first-order chi connectivity index (χ1) is 9.86. The topological polar surface area (TPSA) is 28.7 Å². The molecule has 0 spiro atoms. The molecule has 1 heterocycles. The minimum absolute atomic E-state index is 0.719. The van der Waals surface area contributed by atoms with Gasteiger partial charge in [-0.05, 0) is 37.7 Å². The Morgan fingerprint density at radius 1 is 0.950 bits per heavy atom. The molecule has 2 heteroatoms. The smallest absolute Gasteiger partial charge is 0.0687 e. The van der Waals surface area contributed by atoms with Gasteiger partial charge >= 0.3 is 0 Å². The summed E-state index contributed by atoms with van der Waals surface area (Å²) in [6, 6.07) is 0. The van der Waals surface area contributed by atoms with E-state index in [1.54, 1.807) is 5.56 Å². The molecule has 0 aliphatic heterocycles. The van der Waals surface area contributed by atoms with Crippen LogP contribution in [0.15, 0.2) is 0 Å². The monoisotopic (exact) mass is 276 g/mol. The van der Waals surface area contributed by atoms with Crippen molar-refractivity contribution in [2.75, 3.05) is 0 Å². The quantitative estimate of drug-likeness (QED) is 0.559. The zero-order chi connectivity index (χ0) is 14.2. The van der Waals surface area contributed by atoms with Gasteiger partial charge in [0.05, 0.1) is 5.69 Å². The molecular weight excluding hydrogens is 244 g/mol. The average Bonchev–Trinajstić information content (AvgIpc) is 3.05. The normalized spacial score (nSPS) is 15.5. The van der Waals surface area contributed by atoms with E-state index in [4.69, 9.17) is 5.10 Å². The third-order valence-corrected chi connectivity index (χ3v) is 4.79. The van der Waals surface area contributed by atoms with E-state index in [-0.39, 0.29) is 0 Å². The molecule has 2 rings (SSSR count).